The third kappa shape index (κ3) is 3.78. The normalized spacial score (nSPS) is 10.7. The lowest BCUT2D eigenvalue weighted by Gasteiger charge is -2.10. The minimum atomic E-state index is -0.240. The zero-order chi connectivity index (χ0) is 20.4. The molecule has 4 rings (SSSR count). The van der Waals surface area contributed by atoms with E-state index in [4.69, 9.17) is 13.9 Å². The zero-order valence-corrected chi connectivity index (χ0v) is 16.4. The summed E-state index contributed by atoms with van der Waals surface area (Å²) in [5, 5.41) is 2.87. The van der Waals surface area contributed by atoms with Crippen molar-refractivity contribution in [3.8, 4) is 23.0 Å². The highest BCUT2D eigenvalue weighted by atomic mass is 16.5. The molecule has 29 heavy (non-hydrogen) atoms. The average molecular weight is 388 g/mol. The molecular weight excluding hydrogens is 368 g/mol. The van der Waals surface area contributed by atoms with E-state index in [1.54, 1.807) is 25.3 Å². The van der Waals surface area contributed by atoms with Crippen molar-refractivity contribution >= 4 is 22.7 Å². The third-order valence-corrected chi connectivity index (χ3v) is 4.58. The molecule has 0 saturated heterocycles. The molecule has 4 aromatic rings. The van der Waals surface area contributed by atoms with E-state index in [0.717, 1.165) is 22.2 Å². The Bertz CT molecular complexity index is 1180. The maximum Gasteiger partial charge on any atom is 0.255 e. The number of carbonyl (C=O) groups is 1. The number of anilines is 1. The summed E-state index contributed by atoms with van der Waals surface area (Å²) in [7, 11) is 3.09. The van der Waals surface area contributed by atoms with Gasteiger partial charge in [0.2, 0.25) is 5.89 Å². The zero-order valence-electron chi connectivity index (χ0n) is 16.4. The Morgan fingerprint density at radius 2 is 1.69 bits per heavy atom. The van der Waals surface area contributed by atoms with Gasteiger partial charge in [0.1, 0.15) is 5.52 Å². The largest absolute Gasteiger partial charge is 0.493 e. The summed E-state index contributed by atoms with van der Waals surface area (Å²) >= 11 is 0. The van der Waals surface area contributed by atoms with Crippen LogP contribution >= 0.6 is 0 Å². The maximum absolute atomic E-state index is 12.5. The highest BCUT2D eigenvalue weighted by molar-refractivity contribution is 6.04. The topological polar surface area (TPSA) is 73.6 Å². The van der Waals surface area contributed by atoms with Gasteiger partial charge in [0.05, 0.1) is 14.2 Å². The first kappa shape index (κ1) is 18.6. The summed E-state index contributed by atoms with van der Waals surface area (Å²) in [5.74, 6) is 1.38. The van der Waals surface area contributed by atoms with Crippen LogP contribution in [-0.4, -0.2) is 25.1 Å². The first-order valence-corrected chi connectivity index (χ1v) is 9.08. The molecule has 0 atom stereocenters. The van der Waals surface area contributed by atoms with Gasteiger partial charge in [-0.3, -0.25) is 4.79 Å². The Kier molecular flexibility index (Phi) is 4.91. The summed E-state index contributed by atoms with van der Waals surface area (Å²) < 4.78 is 16.3. The van der Waals surface area contributed by atoms with E-state index < -0.39 is 0 Å². The van der Waals surface area contributed by atoms with Crippen LogP contribution in [0.4, 0.5) is 5.69 Å². The monoisotopic (exact) mass is 388 g/mol. The fourth-order valence-corrected chi connectivity index (χ4v) is 3.04. The van der Waals surface area contributed by atoms with Gasteiger partial charge in [0, 0.05) is 16.8 Å². The minimum Gasteiger partial charge on any atom is -0.493 e. The number of hydrogen-bond donors (Lipinski definition) is 1. The number of methoxy groups -OCH3 is 2. The van der Waals surface area contributed by atoms with Crippen molar-refractivity contribution in [2.45, 2.75) is 6.92 Å². The van der Waals surface area contributed by atoms with Crippen molar-refractivity contribution in [2.24, 2.45) is 0 Å². The molecule has 0 radical (unpaired) electrons. The second kappa shape index (κ2) is 7.67. The Hall–Kier alpha value is -3.80. The number of oxazole rings is 1. The summed E-state index contributed by atoms with van der Waals surface area (Å²) in [5.41, 5.74) is 4.68. The third-order valence-electron chi connectivity index (χ3n) is 4.58. The molecule has 1 heterocycles. The SMILES string of the molecule is COc1ccc(C(=O)Nc2ccc(-c3nc4cc(C)ccc4o3)cc2)cc1OC. The van der Waals surface area contributed by atoms with E-state index in [1.165, 1.54) is 7.11 Å². The van der Waals surface area contributed by atoms with Gasteiger partial charge in [-0.1, -0.05) is 6.07 Å². The van der Waals surface area contributed by atoms with E-state index >= 15 is 0 Å². The van der Waals surface area contributed by atoms with Crippen LogP contribution < -0.4 is 14.8 Å². The lowest BCUT2D eigenvalue weighted by molar-refractivity contribution is 0.102. The number of nitrogens with one attached hydrogen (secondary N) is 1. The molecule has 0 saturated carbocycles. The van der Waals surface area contributed by atoms with Crippen LogP contribution in [-0.2, 0) is 0 Å². The van der Waals surface area contributed by atoms with Crippen LogP contribution in [0.1, 0.15) is 15.9 Å². The number of hydrogen-bond acceptors (Lipinski definition) is 5. The fraction of sp³-hybridized carbons (Fsp3) is 0.130. The molecule has 0 aliphatic heterocycles. The van der Waals surface area contributed by atoms with Crippen LogP contribution in [0, 0.1) is 6.92 Å². The molecule has 0 unspecified atom stereocenters. The van der Waals surface area contributed by atoms with Crippen molar-refractivity contribution in [3.63, 3.8) is 0 Å². The minimum absolute atomic E-state index is 0.240. The van der Waals surface area contributed by atoms with Gasteiger partial charge >= 0.3 is 0 Å². The quantitative estimate of drug-likeness (QED) is 0.516. The van der Waals surface area contributed by atoms with Crippen LogP contribution in [0.15, 0.2) is 65.1 Å². The van der Waals surface area contributed by atoms with Gasteiger partial charge in [0.15, 0.2) is 17.1 Å². The van der Waals surface area contributed by atoms with Crippen LogP contribution in [0.5, 0.6) is 11.5 Å². The standard InChI is InChI=1S/C23H20N2O4/c1-14-4-10-19-18(12-14)25-23(29-19)15-5-8-17(9-6-15)24-22(26)16-7-11-20(27-2)21(13-16)28-3/h4-13H,1-3H3,(H,24,26). The van der Waals surface area contributed by atoms with E-state index in [9.17, 15) is 4.79 Å². The first-order chi connectivity index (χ1) is 14.1. The Labute approximate surface area is 168 Å². The molecular formula is C23H20N2O4. The number of nitrogens with zero attached hydrogens (tertiary/aromatic N) is 1. The lowest BCUT2D eigenvalue weighted by Crippen LogP contribution is -2.12. The number of rotatable bonds is 5. The summed E-state index contributed by atoms with van der Waals surface area (Å²) in [4.78, 5) is 17.1. The molecule has 0 aliphatic carbocycles. The number of benzene rings is 3. The molecule has 1 N–H and O–H groups in total. The Morgan fingerprint density at radius 3 is 2.41 bits per heavy atom. The first-order valence-electron chi connectivity index (χ1n) is 9.08. The molecule has 0 aliphatic rings. The van der Waals surface area contributed by atoms with Crippen LogP contribution in [0.25, 0.3) is 22.6 Å². The highest BCUT2D eigenvalue weighted by Crippen LogP contribution is 2.29. The number of ether oxygens (including phenoxy) is 2. The highest BCUT2D eigenvalue weighted by Gasteiger charge is 2.12. The smallest absolute Gasteiger partial charge is 0.255 e. The molecule has 0 bridgehead atoms. The molecule has 146 valence electrons. The van der Waals surface area contributed by atoms with E-state index in [-0.39, 0.29) is 5.91 Å². The molecule has 0 fully saturated rings. The van der Waals surface area contributed by atoms with Gasteiger partial charge in [-0.05, 0) is 67.1 Å². The van der Waals surface area contributed by atoms with Crippen LogP contribution in [0.2, 0.25) is 0 Å². The summed E-state index contributed by atoms with van der Waals surface area (Å²) in [6.07, 6.45) is 0. The predicted molar refractivity (Wildman–Crippen MR) is 112 cm³/mol. The number of carbonyl (C=O) groups excluding carboxylic acids is 1. The van der Waals surface area contributed by atoms with Crippen molar-refractivity contribution < 1.29 is 18.7 Å². The molecule has 1 amide bonds. The van der Waals surface area contributed by atoms with E-state index in [0.29, 0.717) is 28.6 Å². The van der Waals surface area contributed by atoms with Crippen molar-refractivity contribution in [1.82, 2.24) is 4.98 Å². The van der Waals surface area contributed by atoms with Gasteiger partial charge in [-0.25, -0.2) is 4.98 Å². The molecule has 6 nitrogen and oxygen atoms in total. The van der Waals surface area contributed by atoms with Gasteiger partial charge < -0.3 is 19.2 Å². The Morgan fingerprint density at radius 1 is 0.931 bits per heavy atom. The van der Waals surface area contributed by atoms with Gasteiger partial charge in [0.25, 0.3) is 5.91 Å². The Balaban J connectivity index is 1.52. The number of fused-ring (bicyclic) bond motifs is 1. The summed E-state index contributed by atoms with van der Waals surface area (Å²) in [6.45, 7) is 2.02. The number of amides is 1. The van der Waals surface area contributed by atoms with Crippen molar-refractivity contribution in [1.29, 1.82) is 0 Å². The number of aryl methyl sites for hydroxylation is 1. The molecule has 3 aromatic carbocycles. The maximum atomic E-state index is 12.5. The van der Waals surface area contributed by atoms with Crippen molar-refractivity contribution in [2.75, 3.05) is 19.5 Å². The second-order valence-electron chi connectivity index (χ2n) is 6.59. The van der Waals surface area contributed by atoms with E-state index in [1.807, 2.05) is 49.4 Å². The van der Waals surface area contributed by atoms with E-state index in [2.05, 4.69) is 10.3 Å². The molecule has 6 heteroatoms. The fourth-order valence-electron chi connectivity index (χ4n) is 3.04. The van der Waals surface area contributed by atoms with Gasteiger partial charge in [-0.2, -0.15) is 0 Å². The summed E-state index contributed by atoms with van der Waals surface area (Å²) in [6, 6.07) is 18.3. The second-order valence-corrected chi connectivity index (χ2v) is 6.59. The number of aromatic nitrogens is 1. The van der Waals surface area contributed by atoms with Crippen LogP contribution in [0.3, 0.4) is 0 Å². The lowest BCUT2D eigenvalue weighted by atomic mass is 10.1. The average Bonchev–Trinajstić information content (AvgIpc) is 3.16. The van der Waals surface area contributed by atoms with Crippen molar-refractivity contribution in [3.05, 3.63) is 71.8 Å². The molecule has 0 spiro atoms. The predicted octanol–water partition coefficient (Wildman–Crippen LogP) is 5.07. The molecule has 1 aromatic heterocycles. The van der Waals surface area contributed by atoms with Gasteiger partial charge in [-0.15, -0.1) is 0 Å².